The minimum atomic E-state index is -3.32. The Bertz CT molecular complexity index is 853. The van der Waals surface area contributed by atoms with Gasteiger partial charge >= 0.3 is 7.37 Å². The summed E-state index contributed by atoms with van der Waals surface area (Å²) >= 11 is 0. The van der Waals surface area contributed by atoms with Crippen molar-refractivity contribution in [2.75, 3.05) is 0 Å². The fourth-order valence-electron chi connectivity index (χ4n) is 2.40. The fourth-order valence-corrected chi connectivity index (χ4v) is 4.46. The maximum Gasteiger partial charge on any atom is 0.306 e. The maximum atomic E-state index is 13.7. The van der Waals surface area contributed by atoms with Crippen LogP contribution in [0.5, 0.6) is 5.75 Å². The van der Waals surface area contributed by atoms with Crippen molar-refractivity contribution in [1.82, 2.24) is 5.43 Å². The van der Waals surface area contributed by atoms with Crippen molar-refractivity contribution in [1.29, 1.82) is 0 Å². The van der Waals surface area contributed by atoms with E-state index in [9.17, 15) is 9.36 Å². The van der Waals surface area contributed by atoms with Gasteiger partial charge in [0.15, 0.2) is 0 Å². The molecule has 3 N–H and O–H groups in total. The number of nitrogens with one attached hydrogen (secondary N) is 1. The quantitative estimate of drug-likeness (QED) is 0.320. The molecule has 0 aliphatic rings. The Morgan fingerprint density at radius 1 is 0.800 bits per heavy atom. The second-order valence-corrected chi connectivity index (χ2v) is 7.63. The molecule has 6 heteroatoms. The van der Waals surface area contributed by atoms with Crippen LogP contribution in [0.25, 0.3) is 0 Å². The van der Waals surface area contributed by atoms with Gasteiger partial charge in [0.1, 0.15) is 5.75 Å². The summed E-state index contributed by atoms with van der Waals surface area (Å²) in [6, 6.07) is 24.5. The topological polar surface area (TPSA) is 81.4 Å². The van der Waals surface area contributed by atoms with E-state index in [-0.39, 0.29) is 0 Å². The lowest BCUT2D eigenvalue weighted by atomic mass is 10.2. The van der Waals surface area contributed by atoms with E-state index in [0.717, 1.165) is 0 Å². The van der Waals surface area contributed by atoms with Crippen molar-refractivity contribution in [2.24, 2.45) is 5.84 Å². The number of nitrogens with two attached hydrogens (primary N) is 1. The van der Waals surface area contributed by atoms with E-state index in [1.165, 1.54) is 0 Å². The van der Waals surface area contributed by atoms with Crippen LogP contribution in [-0.2, 0) is 4.57 Å². The molecule has 0 saturated heterocycles. The van der Waals surface area contributed by atoms with Crippen LogP contribution in [0.2, 0.25) is 0 Å². The van der Waals surface area contributed by atoms with Crippen LogP contribution >= 0.6 is 7.37 Å². The molecule has 0 aliphatic heterocycles. The van der Waals surface area contributed by atoms with Crippen molar-refractivity contribution < 1.29 is 13.9 Å². The predicted molar refractivity (Wildman–Crippen MR) is 98.5 cm³/mol. The highest BCUT2D eigenvalue weighted by Crippen LogP contribution is 2.44. The van der Waals surface area contributed by atoms with Crippen LogP contribution in [0.3, 0.4) is 0 Å². The molecule has 3 aromatic rings. The highest BCUT2D eigenvalue weighted by Gasteiger charge is 2.29. The van der Waals surface area contributed by atoms with E-state index in [0.29, 0.717) is 21.9 Å². The van der Waals surface area contributed by atoms with Gasteiger partial charge in [-0.05, 0) is 48.5 Å². The Morgan fingerprint density at radius 3 is 1.72 bits per heavy atom. The summed E-state index contributed by atoms with van der Waals surface area (Å²) < 4.78 is 19.7. The van der Waals surface area contributed by atoms with Gasteiger partial charge in [0.05, 0.1) is 10.6 Å². The van der Waals surface area contributed by atoms with Crippen molar-refractivity contribution >= 4 is 23.9 Å². The molecule has 0 atom stereocenters. The molecule has 0 bridgehead atoms. The van der Waals surface area contributed by atoms with Gasteiger partial charge in [-0.15, -0.1) is 0 Å². The van der Waals surface area contributed by atoms with E-state index in [4.69, 9.17) is 10.4 Å². The monoisotopic (exact) mass is 352 g/mol. The zero-order chi connectivity index (χ0) is 17.7. The number of carbonyl (C=O) groups excluding carboxylic acids is 1. The highest BCUT2D eigenvalue weighted by atomic mass is 31.2. The van der Waals surface area contributed by atoms with E-state index in [1.807, 2.05) is 36.4 Å². The molecular formula is C19H17N2O3P. The Balaban J connectivity index is 1.99. The molecule has 0 aromatic heterocycles. The third kappa shape index (κ3) is 3.63. The number of rotatable bonds is 5. The average molecular weight is 352 g/mol. The number of amides is 1. The number of hydrogen-bond donors (Lipinski definition) is 2. The maximum absolute atomic E-state index is 13.7. The number of hydrazine groups is 1. The van der Waals surface area contributed by atoms with Crippen LogP contribution in [0.15, 0.2) is 84.9 Å². The molecule has 25 heavy (non-hydrogen) atoms. The SMILES string of the molecule is NNC(=O)c1ccc(OP(=O)(c2ccccc2)c2ccccc2)cc1. The standard InChI is InChI=1S/C19H17N2O3P/c20-21-19(22)15-11-13-16(14-12-15)24-25(23,17-7-3-1-4-8-17)18-9-5-2-6-10-18/h1-14H,20H2,(H,21,22). The van der Waals surface area contributed by atoms with Gasteiger partial charge in [-0.2, -0.15) is 0 Å². The number of nitrogen functional groups attached to an aromatic ring is 1. The lowest BCUT2D eigenvalue weighted by Gasteiger charge is -2.20. The van der Waals surface area contributed by atoms with Crippen LogP contribution in [0, 0.1) is 0 Å². The van der Waals surface area contributed by atoms with Crippen LogP contribution in [0.4, 0.5) is 0 Å². The summed E-state index contributed by atoms with van der Waals surface area (Å²) in [6.07, 6.45) is 0. The van der Waals surface area contributed by atoms with Gasteiger partial charge in [-0.1, -0.05) is 36.4 Å². The zero-order valence-electron chi connectivity index (χ0n) is 13.3. The average Bonchev–Trinajstić information content (AvgIpc) is 2.69. The third-order valence-electron chi connectivity index (χ3n) is 3.67. The second kappa shape index (κ2) is 7.34. The summed E-state index contributed by atoms with van der Waals surface area (Å²) in [6.45, 7) is 0. The largest absolute Gasteiger partial charge is 0.437 e. The first-order chi connectivity index (χ1) is 12.1. The molecule has 0 heterocycles. The Labute approximate surface area is 145 Å². The normalized spacial score (nSPS) is 10.9. The lowest BCUT2D eigenvalue weighted by Crippen LogP contribution is -2.29. The number of carbonyl (C=O) groups is 1. The minimum absolute atomic E-state index is 0.393. The van der Waals surface area contributed by atoms with Gasteiger partial charge in [0.2, 0.25) is 0 Å². The molecular weight excluding hydrogens is 335 g/mol. The van der Waals surface area contributed by atoms with Gasteiger partial charge in [0.25, 0.3) is 5.91 Å². The first kappa shape index (κ1) is 17.0. The van der Waals surface area contributed by atoms with E-state index < -0.39 is 13.3 Å². The van der Waals surface area contributed by atoms with Crippen molar-refractivity contribution in [3.8, 4) is 5.75 Å². The van der Waals surface area contributed by atoms with E-state index >= 15 is 0 Å². The summed E-state index contributed by atoms with van der Waals surface area (Å²) in [5.74, 6) is 5.13. The highest BCUT2D eigenvalue weighted by molar-refractivity contribution is 7.74. The van der Waals surface area contributed by atoms with E-state index in [2.05, 4.69) is 5.43 Å². The van der Waals surface area contributed by atoms with Crippen LogP contribution in [-0.4, -0.2) is 5.91 Å². The summed E-state index contributed by atoms with van der Waals surface area (Å²) in [5.41, 5.74) is 2.46. The molecule has 0 saturated carbocycles. The smallest absolute Gasteiger partial charge is 0.306 e. The Morgan fingerprint density at radius 2 is 1.28 bits per heavy atom. The fraction of sp³-hybridized carbons (Fsp3) is 0. The van der Waals surface area contributed by atoms with Crippen molar-refractivity contribution in [2.45, 2.75) is 0 Å². The summed E-state index contributed by atoms with van der Waals surface area (Å²) in [4.78, 5) is 11.5. The molecule has 1 amide bonds. The van der Waals surface area contributed by atoms with E-state index in [1.54, 1.807) is 48.5 Å². The lowest BCUT2D eigenvalue weighted by molar-refractivity contribution is 0.0953. The molecule has 3 rings (SSSR count). The molecule has 0 fully saturated rings. The molecule has 5 nitrogen and oxygen atoms in total. The van der Waals surface area contributed by atoms with Crippen LogP contribution in [0.1, 0.15) is 10.4 Å². The molecule has 0 unspecified atom stereocenters. The Kier molecular flexibility index (Phi) is 4.98. The van der Waals surface area contributed by atoms with Gasteiger partial charge in [-0.25, -0.2) is 5.84 Å². The predicted octanol–water partition coefficient (Wildman–Crippen LogP) is 2.60. The summed E-state index contributed by atoms with van der Waals surface area (Å²) in [7, 11) is -3.32. The van der Waals surface area contributed by atoms with Crippen molar-refractivity contribution in [3.05, 3.63) is 90.5 Å². The van der Waals surface area contributed by atoms with Gasteiger partial charge < -0.3 is 4.52 Å². The summed E-state index contributed by atoms with van der Waals surface area (Å²) in [5, 5.41) is 1.20. The molecule has 0 radical (unpaired) electrons. The molecule has 0 aliphatic carbocycles. The second-order valence-electron chi connectivity index (χ2n) is 5.31. The third-order valence-corrected chi connectivity index (χ3v) is 6.10. The van der Waals surface area contributed by atoms with Gasteiger partial charge in [0, 0.05) is 5.56 Å². The first-order valence-electron chi connectivity index (χ1n) is 7.65. The zero-order valence-corrected chi connectivity index (χ0v) is 14.2. The molecule has 3 aromatic carbocycles. The minimum Gasteiger partial charge on any atom is -0.437 e. The van der Waals surface area contributed by atoms with Gasteiger partial charge in [-0.3, -0.25) is 14.8 Å². The molecule has 0 spiro atoms. The first-order valence-corrected chi connectivity index (χ1v) is 9.28. The molecule has 126 valence electrons. The van der Waals surface area contributed by atoms with Crippen molar-refractivity contribution in [3.63, 3.8) is 0 Å². The Hall–Kier alpha value is -2.88. The van der Waals surface area contributed by atoms with Crippen LogP contribution < -0.4 is 26.4 Å². The number of benzene rings is 3. The number of hydrogen-bond acceptors (Lipinski definition) is 4.